The van der Waals surface area contributed by atoms with E-state index in [0.29, 0.717) is 25.2 Å². The number of benzene rings is 2. The van der Waals surface area contributed by atoms with Crippen molar-refractivity contribution in [3.63, 3.8) is 0 Å². The van der Waals surface area contributed by atoms with Crippen LogP contribution in [0, 0.1) is 22.7 Å². The third-order valence-corrected chi connectivity index (χ3v) is 10.5. The first-order valence-electron chi connectivity index (χ1n) is 17.4. The lowest BCUT2D eigenvalue weighted by molar-refractivity contribution is -0.152. The van der Waals surface area contributed by atoms with Crippen molar-refractivity contribution in [1.29, 1.82) is 0 Å². The van der Waals surface area contributed by atoms with Crippen LogP contribution in [0.1, 0.15) is 55.1 Å². The molecule has 270 valence electrons. The van der Waals surface area contributed by atoms with Crippen molar-refractivity contribution in [2.45, 2.75) is 58.9 Å². The Labute approximate surface area is 297 Å². The van der Waals surface area contributed by atoms with Crippen LogP contribution in [0.5, 0.6) is 0 Å². The molecule has 2 saturated heterocycles. The van der Waals surface area contributed by atoms with Gasteiger partial charge in [-0.05, 0) is 29.9 Å². The maximum Gasteiger partial charge on any atom is 0.305 e. The van der Waals surface area contributed by atoms with Gasteiger partial charge in [-0.15, -0.1) is 0 Å². The van der Waals surface area contributed by atoms with Gasteiger partial charge in [-0.25, -0.2) is 0 Å². The van der Waals surface area contributed by atoms with E-state index >= 15 is 0 Å². The smallest absolute Gasteiger partial charge is 0.305 e. The van der Waals surface area contributed by atoms with Gasteiger partial charge in [0.15, 0.2) is 0 Å². The molecule has 13 nitrogen and oxygen atoms in total. The van der Waals surface area contributed by atoms with E-state index in [1.165, 1.54) is 6.20 Å². The number of likely N-dealkylation sites (tertiary alicyclic amines) is 2. The molecule has 6 rings (SSSR count). The molecule has 1 aromatic heterocycles. The van der Waals surface area contributed by atoms with Crippen molar-refractivity contribution in [3.05, 3.63) is 89.7 Å². The highest BCUT2D eigenvalue weighted by molar-refractivity contribution is 5.96. The van der Waals surface area contributed by atoms with Gasteiger partial charge in [-0.1, -0.05) is 74.5 Å². The number of carbonyl (C=O) groups is 5. The Bertz CT molecular complexity index is 1750. The number of carbonyl (C=O) groups excluding carboxylic acids is 4. The molecule has 1 saturated carbocycles. The largest absolute Gasteiger partial charge is 0.481 e. The third-order valence-electron chi connectivity index (χ3n) is 10.5. The molecule has 1 spiro atoms. The fourth-order valence-electron chi connectivity index (χ4n) is 7.25. The summed E-state index contributed by atoms with van der Waals surface area (Å²) >= 11 is 0. The standard InChI is InChI=1S/C38H46N6O7/c1-25(51-21-27-12-8-5-9-13-27)32(34(48)39-15-14-31(45)46)41-33(47)30-20-42(22-38(30)23-43(24-38)36(50)29-16-37(29,2)3)35(49)28-17-40-44(19-28)18-26-10-6-4-7-11-26/h4-13,17,19,25,29-30,32H,14-16,18,20-24H2,1-3H3,(H,39,48)(H,41,47)(H,45,46)/t25-,29-,30?,32+/m1/s1. The zero-order chi connectivity index (χ0) is 36.3. The van der Waals surface area contributed by atoms with E-state index < -0.39 is 41.3 Å². The number of rotatable bonds is 14. The van der Waals surface area contributed by atoms with Crippen LogP contribution in [0.15, 0.2) is 73.1 Å². The maximum atomic E-state index is 14.3. The van der Waals surface area contributed by atoms with Crippen LogP contribution >= 0.6 is 0 Å². The van der Waals surface area contributed by atoms with E-state index in [1.807, 2.05) is 60.7 Å². The summed E-state index contributed by atoms with van der Waals surface area (Å²) < 4.78 is 7.74. The van der Waals surface area contributed by atoms with Crippen LogP contribution in [0.3, 0.4) is 0 Å². The number of carboxylic acids is 1. The molecule has 4 atom stereocenters. The van der Waals surface area contributed by atoms with Crippen LogP contribution in [-0.4, -0.2) is 99.2 Å². The van der Waals surface area contributed by atoms with Crippen LogP contribution in [0.25, 0.3) is 0 Å². The summed E-state index contributed by atoms with van der Waals surface area (Å²) in [4.78, 5) is 69.5. The quantitative estimate of drug-likeness (QED) is 0.231. The van der Waals surface area contributed by atoms with E-state index in [1.54, 1.807) is 27.6 Å². The molecule has 3 aromatic rings. The summed E-state index contributed by atoms with van der Waals surface area (Å²) in [7, 11) is 0. The third kappa shape index (κ3) is 8.14. The number of amides is 4. The van der Waals surface area contributed by atoms with Crippen molar-refractivity contribution in [2.75, 3.05) is 32.7 Å². The molecule has 3 heterocycles. The van der Waals surface area contributed by atoms with Gasteiger partial charge >= 0.3 is 5.97 Å². The Balaban J connectivity index is 1.19. The van der Waals surface area contributed by atoms with E-state index in [9.17, 15) is 24.0 Å². The molecule has 2 aromatic carbocycles. The summed E-state index contributed by atoms with van der Waals surface area (Å²) in [6.07, 6.45) is 2.99. The van der Waals surface area contributed by atoms with E-state index in [4.69, 9.17) is 9.84 Å². The first kappa shape index (κ1) is 35.8. The lowest BCUT2D eigenvalue weighted by Gasteiger charge is -2.50. The predicted octanol–water partition coefficient (Wildman–Crippen LogP) is 2.56. The summed E-state index contributed by atoms with van der Waals surface area (Å²) in [5.41, 5.74) is 1.57. The van der Waals surface area contributed by atoms with Gasteiger partial charge in [-0.3, -0.25) is 28.7 Å². The molecule has 0 bridgehead atoms. The molecular formula is C38H46N6O7. The molecule has 1 unspecified atom stereocenters. The lowest BCUT2D eigenvalue weighted by atomic mass is 9.70. The van der Waals surface area contributed by atoms with Crippen molar-refractivity contribution < 1.29 is 33.8 Å². The van der Waals surface area contributed by atoms with E-state index in [2.05, 4.69) is 29.6 Å². The summed E-state index contributed by atoms with van der Waals surface area (Å²) in [6.45, 7) is 7.39. The second-order valence-electron chi connectivity index (χ2n) is 14.9. The number of ether oxygens (including phenoxy) is 1. The van der Waals surface area contributed by atoms with Crippen LogP contribution in [-0.2, 0) is 37.1 Å². The number of nitrogens with one attached hydrogen (secondary N) is 2. The van der Waals surface area contributed by atoms with Crippen molar-refractivity contribution in [1.82, 2.24) is 30.2 Å². The Morgan fingerprint density at radius 2 is 1.57 bits per heavy atom. The monoisotopic (exact) mass is 698 g/mol. The average molecular weight is 699 g/mol. The molecule has 0 radical (unpaired) electrons. The first-order valence-corrected chi connectivity index (χ1v) is 17.4. The Kier molecular flexibility index (Phi) is 10.3. The highest BCUT2D eigenvalue weighted by Crippen LogP contribution is 2.54. The minimum atomic E-state index is -1.14. The molecule has 3 aliphatic rings. The number of carboxylic acid groups (broad SMARTS) is 1. The molecule has 4 amide bonds. The van der Waals surface area contributed by atoms with Gasteiger partial charge in [0.05, 0.1) is 43.4 Å². The molecule has 51 heavy (non-hydrogen) atoms. The number of aromatic nitrogens is 2. The minimum Gasteiger partial charge on any atom is -0.481 e. The molecule has 3 fully saturated rings. The fourth-order valence-corrected chi connectivity index (χ4v) is 7.25. The topological polar surface area (TPSA) is 163 Å². The van der Waals surface area contributed by atoms with Crippen molar-refractivity contribution in [3.8, 4) is 0 Å². The molecule has 3 N–H and O–H groups in total. The zero-order valence-corrected chi connectivity index (χ0v) is 29.3. The molecule has 13 heteroatoms. The Morgan fingerprint density at radius 1 is 0.941 bits per heavy atom. The number of hydrogen-bond acceptors (Lipinski definition) is 7. The van der Waals surface area contributed by atoms with Gasteiger partial charge in [0.2, 0.25) is 17.7 Å². The number of aliphatic carboxylic acids is 1. The maximum absolute atomic E-state index is 14.3. The van der Waals surface area contributed by atoms with Crippen molar-refractivity contribution in [2.24, 2.45) is 22.7 Å². The molecule has 2 aliphatic heterocycles. The van der Waals surface area contributed by atoms with Gasteiger partial charge in [-0.2, -0.15) is 5.10 Å². The fraction of sp³-hybridized carbons (Fsp3) is 0.474. The predicted molar refractivity (Wildman–Crippen MR) is 186 cm³/mol. The Hall–Kier alpha value is -5.04. The van der Waals surface area contributed by atoms with Gasteiger partial charge in [0.1, 0.15) is 6.04 Å². The summed E-state index contributed by atoms with van der Waals surface area (Å²) in [5, 5.41) is 19.0. The molecular weight excluding hydrogens is 652 g/mol. The average Bonchev–Trinajstić information content (AvgIpc) is 3.40. The second kappa shape index (κ2) is 14.7. The van der Waals surface area contributed by atoms with Crippen LogP contribution < -0.4 is 10.6 Å². The summed E-state index contributed by atoms with van der Waals surface area (Å²) in [6, 6.07) is 18.0. The first-order chi connectivity index (χ1) is 24.3. The molecule has 1 aliphatic carbocycles. The summed E-state index contributed by atoms with van der Waals surface area (Å²) in [5.74, 6) is -3.04. The SMILES string of the molecule is C[C@@H](OCc1ccccc1)[C@H](NC(=O)C1CN(C(=O)c2cnn(Cc3ccccc3)c2)CC12CN(C(=O)[C@H]1CC1(C)C)C2)C(=O)NCCC(=O)O. The van der Waals surface area contributed by atoms with Gasteiger partial charge < -0.3 is 30.3 Å². The minimum absolute atomic E-state index is 0.0503. The van der Waals surface area contributed by atoms with Crippen LogP contribution in [0.4, 0.5) is 0 Å². The number of nitrogens with zero attached hydrogens (tertiary/aromatic N) is 4. The van der Waals surface area contributed by atoms with Gasteiger partial charge in [0.25, 0.3) is 5.91 Å². The van der Waals surface area contributed by atoms with E-state index in [0.717, 1.165) is 17.5 Å². The van der Waals surface area contributed by atoms with Crippen LogP contribution in [0.2, 0.25) is 0 Å². The van der Waals surface area contributed by atoms with Gasteiger partial charge in [0, 0.05) is 50.3 Å². The zero-order valence-electron chi connectivity index (χ0n) is 29.3. The number of hydrogen-bond donors (Lipinski definition) is 3. The Morgan fingerprint density at radius 3 is 2.20 bits per heavy atom. The highest BCUT2D eigenvalue weighted by atomic mass is 16.5. The second-order valence-corrected chi connectivity index (χ2v) is 14.9. The van der Waals surface area contributed by atoms with E-state index in [-0.39, 0.29) is 55.8 Å². The lowest BCUT2D eigenvalue weighted by Crippen LogP contribution is -2.65. The normalized spacial score (nSPS) is 21.0. The van der Waals surface area contributed by atoms with Crippen molar-refractivity contribution >= 4 is 29.6 Å². The highest BCUT2D eigenvalue weighted by Gasteiger charge is 2.62.